The van der Waals surface area contributed by atoms with Crippen LogP contribution in [-0.4, -0.2) is 9.97 Å². The van der Waals surface area contributed by atoms with Crippen LogP contribution in [0.1, 0.15) is 30.5 Å². The van der Waals surface area contributed by atoms with E-state index >= 15 is 0 Å². The molecule has 0 unspecified atom stereocenters. The lowest BCUT2D eigenvalue weighted by Gasteiger charge is -2.08. The minimum Gasteiger partial charge on any atom is -0.306 e. The zero-order valence-corrected chi connectivity index (χ0v) is 13.2. The van der Waals surface area contributed by atoms with Gasteiger partial charge in [-0.1, -0.05) is 24.1 Å². The molecule has 1 aromatic heterocycles. The average molecular weight is 354 g/mol. The number of hydrogen-bond acceptors (Lipinski definition) is 2. The maximum atomic E-state index is 12.2. The Kier molecular flexibility index (Phi) is 3.94. The lowest BCUT2D eigenvalue weighted by molar-refractivity contribution is 0.708. The Morgan fingerprint density at radius 2 is 2.00 bits per heavy atom. The van der Waals surface area contributed by atoms with Crippen LogP contribution in [0.4, 0.5) is 0 Å². The van der Waals surface area contributed by atoms with Gasteiger partial charge in [0.25, 0.3) is 5.56 Å². The van der Waals surface area contributed by atoms with Gasteiger partial charge in [0.1, 0.15) is 5.82 Å². The summed E-state index contributed by atoms with van der Waals surface area (Å²) in [5, 5.41) is 0.611. The number of aromatic nitrogens is 2. The zero-order chi connectivity index (χ0) is 14.1. The molecular weight excluding hydrogens is 340 g/mol. The first-order valence-corrected chi connectivity index (χ1v) is 7.90. The van der Waals surface area contributed by atoms with Gasteiger partial charge in [-0.2, -0.15) is 0 Å². The van der Waals surface area contributed by atoms with E-state index < -0.39 is 0 Å². The summed E-state index contributed by atoms with van der Waals surface area (Å²) in [6.45, 7) is 0. The van der Waals surface area contributed by atoms with E-state index in [-0.39, 0.29) is 5.56 Å². The fourth-order valence-electron chi connectivity index (χ4n) is 2.56. The summed E-state index contributed by atoms with van der Waals surface area (Å²) in [6, 6.07) is 5.58. The van der Waals surface area contributed by atoms with Crippen LogP contribution in [0.2, 0.25) is 5.02 Å². The number of H-pyrrole nitrogens is 1. The van der Waals surface area contributed by atoms with E-state index in [0.717, 1.165) is 53.4 Å². The van der Waals surface area contributed by atoms with Crippen molar-refractivity contribution in [2.45, 2.75) is 32.1 Å². The van der Waals surface area contributed by atoms with Crippen LogP contribution in [0.3, 0.4) is 0 Å². The van der Waals surface area contributed by atoms with Gasteiger partial charge in [-0.3, -0.25) is 4.79 Å². The highest BCUT2D eigenvalue weighted by atomic mass is 79.9. The maximum absolute atomic E-state index is 12.2. The molecule has 0 bridgehead atoms. The number of fused-ring (bicyclic) bond motifs is 1. The predicted octanol–water partition coefficient (Wildman–Crippen LogP) is 4.12. The second-order valence-electron chi connectivity index (χ2n) is 5.03. The SMILES string of the molecule is O=c1[nH]c(-c2ccc(Br)c(Cl)c2)nc2c1CCCCC2. The molecule has 1 N–H and O–H groups in total. The number of aryl methyl sites for hydroxylation is 1. The summed E-state index contributed by atoms with van der Waals surface area (Å²) >= 11 is 9.47. The number of rotatable bonds is 1. The highest BCUT2D eigenvalue weighted by Gasteiger charge is 2.15. The largest absolute Gasteiger partial charge is 0.306 e. The van der Waals surface area contributed by atoms with Crippen molar-refractivity contribution in [1.82, 2.24) is 9.97 Å². The highest BCUT2D eigenvalue weighted by Crippen LogP contribution is 2.27. The normalized spacial score (nSPS) is 14.7. The molecule has 0 saturated heterocycles. The first-order chi connectivity index (χ1) is 9.65. The van der Waals surface area contributed by atoms with Gasteiger partial charge < -0.3 is 4.98 Å². The van der Waals surface area contributed by atoms with Crippen molar-refractivity contribution in [2.24, 2.45) is 0 Å². The van der Waals surface area contributed by atoms with Crippen LogP contribution in [0.5, 0.6) is 0 Å². The number of nitrogens with zero attached hydrogens (tertiary/aromatic N) is 1. The molecule has 20 heavy (non-hydrogen) atoms. The monoisotopic (exact) mass is 352 g/mol. The smallest absolute Gasteiger partial charge is 0.254 e. The third-order valence-electron chi connectivity index (χ3n) is 3.63. The van der Waals surface area contributed by atoms with Gasteiger partial charge in [-0.25, -0.2) is 4.98 Å². The van der Waals surface area contributed by atoms with Crippen molar-refractivity contribution in [3.05, 3.63) is 49.3 Å². The molecule has 2 aromatic rings. The molecule has 1 aromatic carbocycles. The molecule has 0 radical (unpaired) electrons. The van der Waals surface area contributed by atoms with Crippen LogP contribution in [0, 0.1) is 0 Å². The standard InChI is InChI=1S/C15H14BrClN2O/c16-11-7-6-9(8-12(11)17)14-18-13-5-3-1-2-4-10(13)15(20)19-14/h6-8H,1-5H2,(H,18,19,20). The molecule has 0 atom stereocenters. The second kappa shape index (κ2) is 5.70. The zero-order valence-electron chi connectivity index (χ0n) is 10.9. The van der Waals surface area contributed by atoms with Gasteiger partial charge >= 0.3 is 0 Å². The van der Waals surface area contributed by atoms with E-state index in [1.165, 1.54) is 0 Å². The van der Waals surface area contributed by atoms with Crippen molar-refractivity contribution >= 4 is 27.5 Å². The number of aromatic amines is 1. The molecule has 0 fully saturated rings. The molecule has 0 saturated carbocycles. The van der Waals surface area contributed by atoms with Gasteiger partial charge in [0, 0.05) is 15.6 Å². The molecule has 0 aliphatic heterocycles. The van der Waals surface area contributed by atoms with E-state index in [2.05, 4.69) is 25.9 Å². The van der Waals surface area contributed by atoms with Crippen LogP contribution < -0.4 is 5.56 Å². The van der Waals surface area contributed by atoms with Crippen molar-refractivity contribution < 1.29 is 0 Å². The van der Waals surface area contributed by atoms with Gasteiger partial charge in [-0.05, 0) is 53.7 Å². The van der Waals surface area contributed by atoms with E-state index in [9.17, 15) is 4.79 Å². The third-order valence-corrected chi connectivity index (χ3v) is 4.87. The quantitative estimate of drug-likeness (QED) is 0.784. The summed E-state index contributed by atoms with van der Waals surface area (Å²) in [6.07, 6.45) is 5.05. The fraction of sp³-hybridized carbons (Fsp3) is 0.333. The summed E-state index contributed by atoms with van der Waals surface area (Å²) in [7, 11) is 0. The van der Waals surface area contributed by atoms with Crippen LogP contribution in [-0.2, 0) is 12.8 Å². The van der Waals surface area contributed by atoms with Crippen LogP contribution in [0.25, 0.3) is 11.4 Å². The summed E-state index contributed by atoms with van der Waals surface area (Å²) in [5.74, 6) is 0.602. The average Bonchev–Trinajstić information content (AvgIpc) is 2.67. The molecule has 1 aliphatic carbocycles. The fourth-order valence-corrected chi connectivity index (χ4v) is 2.99. The number of hydrogen-bond donors (Lipinski definition) is 1. The van der Waals surface area contributed by atoms with Gasteiger partial charge in [-0.15, -0.1) is 0 Å². The number of nitrogens with one attached hydrogen (secondary N) is 1. The minimum atomic E-state index is -0.00839. The second-order valence-corrected chi connectivity index (χ2v) is 6.29. The highest BCUT2D eigenvalue weighted by molar-refractivity contribution is 9.10. The Bertz CT molecular complexity index is 712. The number of halogens is 2. The van der Waals surface area contributed by atoms with E-state index in [1.54, 1.807) is 0 Å². The van der Waals surface area contributed by atoms with E-state index in [1.807, 2.05) is 18.2 Å². The van der Waals surface area contributed by atoms with Crippen LogP contribution in [0.15, 0.2) is 27.5 Å². The Morgan fingerprint density at radius 1 is 1.20 bits per heavy atom. The van der Waals surface area contributed by atoms with Crippen LogP contribution >= 0.6 is 27.5 Å². The molecule has 1 aliphatic rings. The first kappa shape index (κ1) is 13.8. The molecule has 0 spiro atoms. The molecule has 3 nitrogen and oxygen atoms in total. The Labute approximate surface area is 130 Å². The molecule has 0 amide bonds. The third kappa shape index (κ3) is 2.67. The van der Waals surface area contributed by atoms with Gasteiger partial charge in [0.05, 0.1) is 10.7 Å². The van der Waals surface area contributed by atoms with E-state index in [0.29, 0.717) is 10.8 Å². The number of benzene rings is 1. The lowest BCUT2D eigenvalue weighted by Crippen LogP contribution is -2.18. The molecule has 3 rings (SSSR count). The Morgan fingerprint density at radius 3 is 2.80 bits per heavy atom. The van der Waals surface area contributed by atoms with Gasteiger partial charge in [0.2, 0.25) is 0 Å². The minimum absolute atomic E-state index is 0.00839. The van der Waals surface area contributed by atoms with Crippen molar-refractivity contribution in [3.63, 3.8) is 0 Å². The summed E-state index contributed by atoms with van der Waals surface area (Å²) in [5.41, 5.74) is 2.63. The molecular formula is C15H14BrClN2O. The molecule has 1 heterocycles. The van der Waals surface area contributed by atoms with Crippen molar-refractivity contribution in [2.75, 3.05) is 0 Å². The summed E-state index contributed by atoms with van der Waals surface area (Å²) < 4.78 is 0.833. The molecule has 104 valence electrons. The Hall–Kier alpha value is -1.13. The lowest BCUT2D eigenvalue weighted by atomic mass is 10.1. The van der Waals surface area contributed by atoms with Gasteiger partial charge in [0.15, 0.2) is 0 Å². The topological polar surface area (TPSA) is 45.8 Å². The Balaban J connectivity index is 2.10. The predicted molar refractivity (Wildman–Crippen MR) is 84.3 cm³/mol. The van der Waals surface area contributed by atoms with Crippen molar-refractivity contribution in [3.8, 4) is 11.4 Å². The first-order valence-electron chi connectivity index (χ1n) is 6.72. The molecule has 5 heteroatoms. The summed E-state index contributed by atoms with van der Waals surface area (Å²) in [4.78, 5) is 19.8. The maximum Gasteiger partial charge on any atom is 0.254 e. The van der Waals surface area contributed by atoms with E-state index in [4.69, 9.17) is 11.6 Å². The van der Waals surface area contributed by atoms with Crippen molar-refractivity contribution in [1.29, 1.82) is 0 Å².